The fourth-order valence-electron chi connectivity index (χ4n) is 0.959. The fourth-order valence-corrected chi connectivity index (χ4v) is 2.51. The highest BCUT2D eigenvalue weighted by Gasteiger charge is 2.28. The molecule has 8 heteroatoms. The molecule has 0 aliphatic rings. The summed E-state index contributed by atoms with van der Waals surface area (Å²) < 4.78 is 25.3. The van der Waals surface area contributed by atoms with Crippen LogP contribution in [-0.2, 0) is 14.8 Å². The van der Waals surface area contributed by atoms with E-state index in [-0.39, 0.29) is 15.7 Å². The topological polar surface area (TPSA) is 83.5 Å². The number of sulfonamides is 1. The summed E-state index contributed by atoms with van der Waals surface area (Å²) in [6, 6.07) is 4.43. The number of nitrogens with one attached hydrogen (secondary N) is 1. The quantitative estimate of drug-likeness (QED) is 0.892. The Balaban J connectivity index is 3.11. The van der Waals surface area contributed by atoms with Crippen molar-refractivity contribution in [2.24, 2.45) is 0 Å². The summed E-state index contributed by atoms with van der Waals surface area (Å²) in [7, 11) is -4.08. The zero-order valence-electron chi connectivity index (χ0n) is 8.65. The Morgan fingerprint density at radius 3 is 2.24 bits per heavy atom. The second-order valence-electron chi connectivity index (χ2n) is 3.22. The maximum atomic E-state index is 11.6. The molecule has 0 fully saturated rings. The first-order chi connectivity index (χ1) is 7.75. The molecule has 17 heavy (non-hydrogen) atoms. The lowest BCUT2D eigenvalue weighted by molar-refractivity contribution is -0.136. The summed E-state index contributed by atoms with van der Waals surface area (Å²) in [5.74, 6) is -1.46. The van der Waals surface area contributed by atoms with Crippen molar-refractivity contribution in [3.05, 3.63) is 28.2 Å². The van der Waals surface area contributed by atoms with Gasteiger partial charge in [0, 0.05) is 0 Å². The van der Waals surface area contributed by atoms with Gasteiger partial charge in [-0.3, -0.25) is 9.52 Å². The number of anilines is 1. The van der Waals surface area contributed by atoms with Crippen molar-refractivity contribution in [2.75, 3.05) is 4.72 Å². The van der Waals surface area contributed by atoms with Gasteiger partial charge in [0.25, 0.3) is 0 Å². The molecule has 0 heterocycles. The molecule has 0 saturated carbocycles. The number of carboxylic acids is 1. The predicted molar refractivity (Wildman–Crippen MR) is 66.1 cm³/mol. The Kier molecular flexibility index (Phi) is 4.24. The summed E-state index contributed by atoms with van der Waals surface area (Å²) in [5, 5.41) is 7.24. The van der Waals surface area contributed by atoms with E-state index in [9.17, 15) is 13.2 Å². The molecular weight excluding hydrogens is 289 g/mol. The van der Waals surface area contributed by atoms with Crippen molar-refractivity contribution in [3.8, 4) is 0 Å². The molecule has 94 valence electrons. The van der Waals surface area contributed by atoms with Crippen molar-refractivity contribution in [3.63, 3.8) is 0 Å². The molecule has 0 aromatic heterocycles. The van der Waals surface area contributed by atoms with E-state index < -0.39 is 21.2 Å². The molecule has 1 rings (SSSR count). The van der Waals surface area contributed by atoms with Gasteiger partial charge < -0.3 is 5.11 Å². The summed E-state index contributed by atoms with van der Waals surface area (Å²) in [5.41, 5.74) is -0.0241. The van der Waals surface area contributed by atoms with Crippen LogP contribution >= 0.6 is 23.2 Å². The maximum absolute atomic E-state index is 11.6. The number of rotatable bonds is 4. The van der Waals surface area contributed by atoms with Gasteiger partial charge in [-0.2, -0.15) is 0 Å². The van der Waals surface area contributed by atoms with E-state index >= 15 is 0 Å². The largest absolute Gasteiger partial charge is 0.480 e. The van der Waals surface area contributed by atoms with Gasteiger partial charge in [-0.15, -0.1) is 0 Å². The smallest absolute Gasteiger partial charge is 0.323 e. The van der Waals surface area contributed by atoms with E-state index in [0.717, 1.165) is 6.92 Å². The molecule has 5 nitrogen and oxygen atoms in total. The number of hydrogen-bond acceptors (Lipinski definition) is 3. The Morgan fingerprint density at radius 1 is 1.35 bits per heavy atom. The summed E-state index contributed by atoms with van der Waals surface area (Å²) >= 11 is 11.5. The van der Waals surface area contributed by atoms with Crippen LogP contribution in [0, 0.1) is 0 Å². The highest BCUT2D eigenvalue weighted by molar-refractivity contribution is 7.94. The second kappa shape index (κ2) is 5.12. The first-order valence-corrected chi connectivity index (χ1v) is 6.74. The minimum Gasteiger partial charge on any atom is -0.480 e. The fraction of sp³-hybridized carbons (Fsp3) is 0.222. The van der Waals surface area contributed by atoms with Gasteiger partial charge in [-0.25, -0.2) is 8.42 Å². The molecule has 0 radical (unpaired) electrons. The molecule has 1 aromatic rings. The van der Waals surface area contributed by atoms with Crippen molar-refractivity contribution in [1.29, 1.82) is 0 Å². The zero-order valence-corrected chi connectivity index (χ0v) is 11.0. The lowest BCUT2D eigenvalue weighted by Crippen LogP contribution is -2.32. The summed E-state index contributed by atoms with van der Waals surface area (Å²) in [6.45, 7) is 1.05. The van der Waals surface area contributed by atoms with E-state index in [4.69, 9.17) is 28.3 Å². The Morgan fingerprint density at radius 2 is 1.82 bits per heavy atom. The minimum atomic E-state index is -4.08. The zero-order chi connectivity index (χ0) is 13.2. The van der Waals surface area contributed by atoms with Crippen molar-refractivity contribution in [1.82, 2.24) is 0 Å². The number of para-hydroxylation sites is 1. The molecular formula is C9H9Cl2NO4S. The maximum Gasteiger partial charge on any atom is 0.323 e. The average Bonchev–Trinajstić information content (AvgIpc) is 2.22. The average molecular weight is 298 g/mol. The highest BCUT2D eigenvalue weighted by atomic mass is 35.5. The third-order valence-corrected chi connectivity index (χ3v) is 4.27. The molecule has 0 saturated heterocycles. The third kappa shape index (κ3) is 3.24. The number of aliphatic carboxylic acids is 1. The third-order valence-electron chi connectivity index (χ3n) is 2.02. The van der Waals surface area contributed by atoms with E-state index in [1.807, 2.05) is 0 Å². The van der Waals surface area contributed by atoms with E-state index in [0.29, 0.717) is 0 Å². The first kappa shape index (κ1) is 14.1. The van der Waals surface area contributed by atoms with Gasteiger partial charge in [0.2, 0.25) is 10.0 Å². The molecule has 0 spiro atoms. The van der Waals surface area contributed by atoms with Crippen LogP contribution in [0.5, 0.6) is 0 Å². The van der Waals surface area contributed by atoms with Gasteiger partial charge in [0.05, 0.1) is 15.7 Å². The van der Waals surface area contributed by atoms with Crippen LogP contribution in [0.1, 0.15) is 6.92 Å². The number of benzene rings is 1. The standard InChI is InChI=1S/C9H9Cl2NO4S/c1-5(9(13)14)17(15,16)12-8-6(10)3-2-4-7(8)11/h2-5,12H,1H3,(H,13,14). The molecule has 0 aliphatic carbocycles. The SMILES string of the molecule is CC(C(=O)O)S(=O)(=O)Nc1c(Cl)cccc1Cl. The normalized spacial score (nSPS) is 13.1. The molecule has 1 atom stereocenters. The van der Waals surface area contributed by atoms with Crippen LogP contribution < -0.4 is 4.72 Å². The van der Waals surface area contributed by atoms with E-state index in [1.165, 1.54) is 12.1 Å². The highest BCUT2D eigenvalue weighted by Crippen LogP contribution is 2.31. The first-order valence-electron chi connectivity index (χ1n) is 4.44. The van der Waals surface area contributed by atoms with Crippen molar-refractivity contribution in [2.45, 2.75) is 12.2 Å². The Bertz CT molecular complexity index is 524. The second-order valence-corrected chi connectivity index (χ2v) is 6.04. The van der Waals surface area contributed by atoms with Gasteiger partial charge in [-0.1, -0.05) is 29.3 Å². The van der Waals surface area contributed by atoms with Gasteiger partial charge >= 0.3 is 5.97 Å². The number of carboxylic acid groups (broad SMARTS) is 1. The predicted octanol–water partition coefficient (Wildman–Crippen LogP) is 2.21. The van der Waals surface area contributed by atoms with Crippen molar-refractivity contribution >= 4 is 44.9 Å². The van der Waals surface area contributed by atoms with Crippen LogP contribution in [0.15, 0.2) is 18.2 Å². The summed E-state index contributed by atoms with van der Waals surface area (Å²) in [6.07, 6.45) is 0. The molecule has 1 unspecified atom stereocenters. The number of halogens is 2. The Hall–Kier alpha value is -0.980. The molecule has 2 N–H and O–H groups in total. The van der Waals surface area contributed by atoms with E-state index in [1.54, 1.807) is 6.07 Å². The lowest BCUT2D eigenvalue weighted by atomic mass is 10.3. The monoisotopic (exact) mass is 297 g/mol. The van der Waals surface area contributed by atoms with Gasteiger partial charge in [0.1, 0.15) is 0 Å². The Labute approximate surface area is 108 Å². The van der Waals surface area contributed by atoms with Gasteiger partial charge in [-0.05, 0) is 19.1 Å². The molecule has 0 bridgehead atoms. The van der Waals surface area contributed by atoms with Crippen LogP contribution in [0.2, 0.25) is 10.0 Å². The number of carbonyl (C=O) groups is 1. The van der Waals surface area contributed by atoms with Gasteiger partial charge in [0.15, 0.2) is 5.25 Å². The van der Waals surface area contributed by atoms with Crippen LogP contribution in [-0.4, -0.2) is 24.7 Å². The summed E-state index contributed by atoms with van der Waals surface area (Å²) in [4.78, 5) is 10.6. The van der Waals surface area contributed by atoms with Crippen LogP contribution in [0.3, 0.4) is 0 Å². The minimum absolute atomic E-state index is 0.0241. The van der Waals surface area contributed by atoms with E-state index in [2.05, 4.69) is 4.72 Å². The van der Waals surface area contributed by atoms with Crippen LogP contribution in [0.4, 0.5) is 5.69 Å². The number of hydrogen-bond donors (Lipinski definition) is 2. The van der Waals surface area contributed by atoms with Crippen LogP contribution in [0.25, 0.3) is 0 Å². The lowest BCUT2D eigenvalue weighted by Gasteiger charge is -2.13. The molecule has 0 amide bonds. The van der Waals surface area contributed by atoms with Crippen molar-refractivity contribution < 1.29 is 18.3 Å². The molecule has 1 aromatic carbocycles. The molecule has 0 aliphatic heterocycles.